The van der Waals surface area contributed by atoms with Crippen LogP contribution in [0.5, 0.6) is 0 Å². The van der Waals surface area contributed by atoms with Crippen LogP contribution in [0.15, 0.2) is 12.7 Å². The van der Waals surface area contributed by atoms with Crippen LogP contribution in [0.1, 0.15) is 58.3 Å². The van der Waals surface area contributed by atoms with E-state index in [0.29, 0.717) is 11.5 Å². The predicted octanol–water partition coefficient (Wildman–Crippen LogP) is 3.24. The van der Waals surface area contributed by atoms with Gasteiger partial charge in [0.1, 0.15) is 0 Å². The number of nitrogens with zero attached hydrogens (tertiary/aromatic N) is 1. The van der Waals surface area contributed by atoms with Crippen LogP contribution in [0.4, 0.5) is 0 Å². The van der Waals surface area contributed by atoms with Crippen molar-refractivity contribution in [3.05, 3.63) is 12.7 Å². The molecule has 1 aliphatic rings. The first-order valence-electron chi connectivity index (χ1n) is 7.90. The lowest BCUT2D eigenvalue weighted by Crippen LogP contribution is -2.33. The van der Waals surface area contributed by atoms with Crippen molar-refractivity contribution in [1.82, 2.24) is 5.06 Å². The van der Waals surface area contributed by atoms with Crippen LogP contribution in [-0.2, 0) is 19.2 Å². The molecule has 0 radical (unpaired) electrons. The van der Waals surface area contributed by atoms with Crippen molar-refractivity contribution in [2.24, 2.45) is 0 Å². The first-order valence-corrected chi connectivity index (χ1v) is 8.95. The van der Waals surface area contributed by atoms with Crippen LogP contribution < -0.4 is 0 Å². The highest BCUT2D eigenvalue weighted by Gasteiger charge is 2.41. The second kappa shape index (κ2) is 10.4. The van der Waals surface area contributed by atoms with Crippen LogP contribution >= 0.6 is 11.8 Å². The number of allylic oxidation sites excluding steroid dienone is 1. The van der Waals surface area contributed by atoms with E-state index >= 15 is 0 Å². The fraction of sp³-hybridized carbons (Fsp3) is 0.688. The molecule has 0 bridgehead atoms. The standard InChI is InChI=1S/C16H25NO4S/c1-3-5-7-8-9-11-22-13-12-14(18)17(16(13)20)21-15(19)10-6-4-2/h4,13H,2-3,5-12H2,1H3. The number of unbranched alkanes of at least 4 members (excludes halogenated alkanes) is 4. The van der Waals surface area contributed by atoms with Gasteiger partial charge in [0.25, 0.3) is 11.8 Å². The SMILES string of the molecule is C=CCCC(=O)ON1C(=O)CC(SCCCCCCC)C1=O. The number of hydroxylamine groups is 2. The molecule has 0 aliphatic carbocycles. The monoisotopic (exact) mass is 327 g/mol. The zero-order chi connectivity index (χ0) is 16.4. The number of carbonyl (C=O) groups is 3. The molecule has 0 aromatic rings. The van der Waals surface area contributed by atoms with Crippen LogP contribution in [0, 0.1) is 0 Å². The maximum atomic E-state index is 12.1. The molecule has 5 nitrogen and oxygen atoms in total. The molecular formula is C16H25NO4S. The Bertz CT molecular complexity index is 411. The number of hydrogen-bond donors (Lipinski definition) is 0. The number of rotatable bonds is 11. The van der Waals surface area contributed by atoms with Gasteiger partial charge in [-0.3, -0.25) is 9.59 Å². The molecule has 1 aliphatic heterocycles. The van der Waals surface area contributed by atoms with E-state index in [1.807, 2.05) is 0 Å². The van der Waals surface area contributed by atoms with E-state index in [1.54, 1.807) is 6.08 Å². The lowest BCUT2D eigenvalue weighted by molar-refractivity contribution is -0.197. The molecule has 0 aromatic carbocycles. The zero-order valence-electron chi connectivity index (χ0n) is 13.2. The summed E-state index contributed by atoms with van der Waals surface area (Å²) in [7, 11) is 0. The van der Waals surface area contributed by atoms with Crippen molar-refractivity contribution >= 4 is 29.5 Å². The molecule has 0 aromatic heterocycles. The Hall–Kier alpha value is -1.30. The van der Waals surface area contributed by atoms with Crippen molar-refractivity contribution in [3.63, 3.8) is 0 Å². The lowest BCUT2D eigenvalue weighted by atomic mass is 10.2. The molecule has 0 spiro atoms. The first-order chi connectivity index (χ1) is 10.6. The van der Waals surface area contributed by atoms with Gasteiger partial charge < -0.3 is 4.84 Å². The fourth-order valence-corrected chi connectivity index (χ4v) is 3.26. The summed E-state index contributed by atoms with van der Waals surface area (Å²) in [5, 5.41) is 0.228. The summed E-state index contributed by atoms with van der Waals surface area (Å²) in [5.74, 6) is -0.561. The topological polar surface area (TPSA) is 63.7 Å². The van der Waals surface area contributed by atoms with Crippen LogP contribution in [0.25, 0.3) is 0 Å². The van der Waals surface area contributed by atoms with Gasteiger partial charge in [0.15, 0.2) is 0 Å². The average Bonchev–Trinajstić information content (AvgIpc) is 2.76. The Kier molecular flexibility index (Phi) is 8.89. The smallest absolute Gasteiger partial charge is 0.330 e. The third-order valence-corrected chi connectivity index (χ3v) is 4.67. The van der Waals surface area contributed by atoms with Gasteiger partial charge in [0, 0.05) is 0 Å². The molecule has 1 atom stereocenters. The van der Waals surface area contributed by atoms with Crippen LogP contribution in [0.3, 0.4) is 0 Å². The molecule has 22 heavy (non-hydrogen) atoms. The van der Waals surface area contributed by atoms with E-state index in [1.165, 1.54) is 31.0 Å². The molecule has 0 N–H and O–H groups in total. The molecule has 1 unspecified atom stereocenters. The Morgan fingerprint density at radius 2 is 2.09 bits per heavy atom. The van der Waals surface area contributed by atoms with E-state index < -0.39 is 23.0 Å². The van der Waals surface area contributed by atoms with Gasteiger partial charge in [0.2, 0.25) is 0 Å². The highest BCUT2D eigenvalue weighted by Crippen LogP contribution is 2.26. The molecule has 1 fully saturated rings. The van der Waals surface area contributed by atoms with Crippen molar-refractivity contribution < 1.29 is 19.2 Å². The van der Waals surface area contributed by atoms with Gasteiger partial charge >= 0.3 is 5.97 Å². The van der Waals surface area contributed by atoms with Crippen molar-refractivity contribution in [1.29, 1.82) is 0 Å². The number of carbonyl (C=O) groups excluding carboxylic acids is 3. The first kappa shape index (κ1) is 18.7. The van der Waals surface area contributed by atoms with Gasteiger partial charge in [0.05, 0.1) is 18.1 Å². The third kappa shape index (κ3) is 6.22. The summed E-state index contributed by atoms with van der Waals surface area (Å²) in [6.07, 6.45) is 8.13. The van der Waals surface area contributed by atoms with Crippen LogP contribution in [0.2, 0.25) is 0 Å². The minimum atomic E-state index is -0.577. The molecule has 1 heterocycles. The molecular weight excluding hydrogens is 302 g/mol. The summed E-state index contributed by atoms with van der Waals surface area (Å²) in [5.41, 5.74) is 0. The van der Waals surface area contributed by atoms with Crippen molar-refractivity contribution in [2.75, 3.05) is 5.75 Å². The minimum Gasteiger partial charge on any atom is -0.330 e. The summed E-state index contributed by atoms with van der Waals surface area (Å²) < 4.78 is 0. The molecule has 124 valence electrons. The second-order valence-corrected chi connectivity index (χ2v) is 6.61. The highest BCUT2D eigenvalue weighted by atomic mass is 32.2. The van der Waals surface area contributed by atoms with Crippen molar-refractivity contribution in [2.45, 2.75) is 63.5 Å². The number of amides is 2. The van der Waals surface area contributed by atoms with E-state index in [4.69, 9.17) is 4.84 Å². The summed E-state index contributed by atoms with van der Waals surface area (Å²) in [4.78, 5) is 40.2. The summed E-state index contributed by atoms with van der Waals surface area (Å²) >= 11 is 1.48. The largest absolute Gasteiger partial charge is 0.333 e. The zero-order valence-corrected chi connectivity index (χ0v) is 14.0. The third-order valence-electron chi connectivity index (χ3n) is 3.37. The predicted molar refractivity (Wildman–Crippen MR) is 87.0 cm³/mol. The highest BCUT2D eigenvalue weighted by molar-refractivity contribution is 8.00. The molecule has 1 saturated heterocycles. The maximum absolute atomic E-state index is 12.1. The van der Waals surface area contributed by atoms with E-state index in [2.05, 4.69) is 13.5 Å². The van der Waals surface area contributed by atoms with Gasteiger partial charge in [-0.15, -0.1) is 23.4 Å². The lowest BCUT2D eigenvalue weighted by Gasteiger charge is -2.13. The molecule has 2 amide bonds. The summed E-state index contributed by atoms with van der Waals surface area (Å²) in [6, 6.07) is 0. The molecule has 0 saturated carbocycles. The van der Waals surface area contributed by atoms with Gasteiger partial charge in [-0.2, -0.15) is 0 Å². The van der Waals surface area contributed by atoms with E-state index in [0.717, 1.165) is 18.6 Å². The summed E-state index contributed by atoms with van der Waals surface area (Å²) in [6.45, 7) is 5.68. The molecule has 6 heteroatoms. The van der Waals surface area contributed by atoms with Crippen molar-refractivity contribution in [3.8, 4) is 0 Å². The molecule has 1 rings (SSSR count). The van der Waals surface area contributed by atoms with E-state index in [-0.39, 0.29) is 12.8 Å². The van der Waals surface area contributed by atoms with Gasteiger partial charge in [-0.1, -0.05) is 38.7 Å². The quantitative estimate of drug-likeness (QED) is 0.331. The van der Waals surface area contributed by atoms with Gasteiger partial charge in [-0.05, 0) is 18.6 Å². The normalized spacial score (nSPS) is 17.9. The van der Waals surface area contributed by atoms with Gasteiger partial charge in [-0.25, -0.2) is 4.79 Å². The minimum absolute atomic E-state index is 0.118. The number of thioether (sulfide) groups is 1. The fourth-order valence-electron chi connectivity index (χ4n) is 2.11. The number of hydrogen-bond acceptors (Lipinski definition) is 5. The second-order valence-electron chi connectivity index (χ2n) is 5.29. The average molecular weight is 327 g/mol. The Labute approximate surface area is 136 Å². The van der Waals surface area contributed by atoms with E-state index in [9.17, 15) is 14.4 Å². The van der Waals surface area contributed by atoms with Crippen LogP contribution in [-0.4, -0.2) is 33.8 Å². The number of imide groups is 1. The Morgan fingerprint density at radius 3 is 2.77 bits per heavy atom. The Morgan fingerprint density at radius 1 is 1.36 bits per heavy atom. The maximum Gasteiger partial charge on any atom is 0.333 e. The Balaban J connectivity index is 2.31.